The van der Waals surface area contributed by atoms with Crippen molar-refractivity contribution in [2.24, 2.45) is 0 Å². The lowest BCUT2D eigenvalue weighted by atomic mass is 10.1. The molecule has 0 unspecified atom stereocenters. The first-order valence-corrected chi connectivity index (χ1v) is 7.56. The molecule has 7 heteroatoms. The van der Waals surface area contributed by atoms with Crippen molar-refractivity contribution in [3.8, 4) is 0 Å². The first-order valence-electron chi connectivity index (χ1n) is 6.58. The number of thioether (sulfide) groups is 1. The number of hydrogen-bond donors (Lipinski definition) is 2. The molecular weight excluding hydrogens is 288 g/mol. The van der Waals surface area contributed by atoms with E-state index in [-0.39, 0.29) is 5.91 Å². The maximum atomic E-state index is 12.1. The Kier molecular flexibility index (Phi) is 5.77. The molecule has 2 N–H and O–H groups in total. The van der Waals surface area contributed by atoms with E-state index < -0.39 is 6.10 Å². The Morgan fingerprint density at radius 1 is 1.43 bits per heavy atom. The minimum absolute atomic E-state index is 0.143. The second-order valence-electron chi connectivity index (χ2n) is 4.37. The first kappa shape index (κ1) is 15.5. The van der Waals surface area contributed by atoms with E-state index in [2.05, 4.69) is 20.5 Å². The summed E-state index contributed by atoms with van der Waals surface area (Å²) < 4.78 is 5.27. The van der Waals surface area contributed by atoms with Crippen LogP contribution in [0.5, 0.6) is 0 Å². The topological polar surface area (TPSA) is 79.9 Å². The largest absolute Gasteiger partial charge is 0.367 e. The average Bonchev–Trinajstić information content (AvgIpc) is 2.91. The molecule has 2 rings (SSSR count). The van der Waals surface area contributed by atoms with Gasteiger partial charge in [0.15, 0.2) is 6.10 Å². The molecule has 0 aliphatic rings. The Balaban J connectivity index is 1.78. The maximum Gasteiger partial charge on any atom is 0.253 e. The molecule has 0 radical (unpaired) electrons. The molecule has 0 saturated carbocycles. The summed E-state index contributed by atoms with van der Waals surface area (Å²) >= 11 is 1.49. The predicted octanol–water partition coefficient (Wildman–Crippen LogP) is 1.71. The summed E-state index contributed by atoms with van der Waals surface area (Å²) in [7, 11) is 1.53. The number of hydrogen-bond acceptors (Lipinski definition) is 5. The van der Waals surface area contributed by atoms with Crippen molar-refractivity contribution < 1.29 is 9.53 Å². The van der Waals surface area contributed by atoms with Gasteiger partial charge in [0.2, 0.25) is 5.16 Å². The molecular formula is C14H18N4O2S. The lowest BCUT2D eigenvalue weighted by Crippen LogP contribution is -2.32. The standard InChI is InChI=1S/C14H18N4O2S/c1-10-16-14(18-17-10)21-9-8-15-13(19)12(20-2)11-6-4-3-5-7-11/h3-7,12H,8-9H2,1-2H3,(H,15,19)(H,16,17,18)/t12-/m1/s1. The number of nitrogens with zero attached hydrogens (tertiary/aromatic N) is 2. The smallest absolute Gasteiger partial charge is 0.253 e. The zero-order valence-corrected chi connectivity index (χ0v) is 12.8. The summed E-state index contributed by atoms with van der Waals surface area (Å²) in [6.45, 7) is 2.38. The van der Waals surface area contributed by atoms with Crippen LogP contribution in [0.2, 0.25) is 0 Å². The summed E-state index contributed by atoms with van der Waals surface area (Å²) in [6, 6.07) is 9.42. The van der Waals surface area contributed by atoms with Crippen LogP contribution in [0, 0.1) is 6.92 Å². The zero-order chi connectivity index (χ0) is 15.1. The van der Waals surface area contributed by atoms with E-state index in [9.17, 15) is 4.79 Å². The summed E-state index contributed by atoms with van der Waals surface area (Å²) in [6.07, 6.45) is -0.582. The van der Waals surface area contributed by atoms with Gasteiger partial charge in [0.1, 0.15) is 5.82 Å². The lowest BCUT2D eigenvalue weighted by Gasteiger charge is -2.15. The molecule has 1 aromatic heterocycles. The third-order valence-electron chi connectivity index (χ3n) is 2.79. The zero-order valence-electron chi connectivity index (χ0n) is 12.0. The van der Waals surface area contributed by atoms with Crippen LogP contribution in [-0.4, -0.2) is 40.5 Å². The number of aromatic nitrogens is 3. The van der Waals surface area contributed by atoms with Crippen molar-refractivity contribution in [3.63, 3.8) is 0 Å². The minimum atomic E-state index is -0.582. The van der Waals surface area contributed by atoms with Gasteiger partial charge in [-0.3, -0.25) is 9.89 Å². The molecule has 0 saturated heterocycles. The van der Waals surface area contributed by atoms with Crippen LogP contribution in [0.25, 0.3) is 0 Å². The first-order chi connectivity index (χ1) is 10.2. The third-order valence-corrected chi connectivity index (χ3v) is 3.63. The van der Waals surface area contributed by atoms with Crippen LogP contribution in [0.3, 0.4) is 0 Å². The van der Waals surface area contributed by atoms with Crippen LogP contribution in [-0.2, 0) is 9.53 Å². The molecule has 0 bridgehead atoms. The van der Waals surface area contributed by atoms with Crippen molar-refractivity contribution in [2.75, 3.05) is 19.4 Å². The van der Waals surface area contributed by atoms with E-state index >= 15 is 0 Å². The number of carbonyl (C=O) groups is 1. The van der Waals surface area contributed by atoms with Gasteiger partial charge in [-0.25, -0.2) is 4.98 Å². The predicted molar refractivity (Wildman–Crippen MR) is 81.0 cm³/mol. The summed E-state index contributed by atoms with van der Waals surface area (Å²) in [5.74, 6) is 1.34. The molecule has 1 atom stereocenters. The fourth-order valence-electron chi connectivity index (χ4n) is 1.82. The SMILES string of the molecule is CO[C@@H](C(=O)NCCSc1n[nH]c(C)n1)c1ccccc1. The number of benzene rings is 1. The molecule has 21 heavy (non-hydrogen) atoms. The summed E-state index contributed by atoms with van der Waals surface area (Å²) in [5.41, 5.74) is 0.842. The van der Waals surface area contributed by atoms with E-state index in [0.717, 1.165) is 11.4 Å². The number of carbonyl (C=O) groups excluding carboxylic acids is 1. The van der Waals surface area contributed by atoms with Crippen molar-refractivity contribution in [3.05, 3.63) is 41.7 Å². The number of H-pyrrole nitrogens is 1. The number of rotatable bonds is 7. The number of nitrogens with one attached hydrogen (secondary N) is 2. The van der Waals surface area contributed by atoms with Gasteiger partial charge >= 0.3 is 0 Å². The van der Waals surface area contributed by atoms with E-state index in [1.807, 2.05) is 37.3 Å². The van der Waals surface area contributed by atoms with Crippen LogP contribution in [0.15, 0.2) is 35.5 Å². The van der Waals surface area contributed by atoms with Gasteiger partial charge in [0, 0.05) is 19.4 Å². The van der Waals surface area contributed by atoms with Crippen molar-refractivity contribution in [2.45, 2.75) is 18.2 Å². The van der Waals surface area contributed by atoms with E-state index in [4.69, 9.17) is 4.74 Å². The van der Waals surface area contributed by atoms with Crippen LogP contribution in [0.4, 0.5) is 0 Å². The highest BCUT2D eigenvalue weighted by molar-refractivity contribution is 7.99. The van der Waals surface area contributed by atoms with Crippen molar-refractivity contribution in [1.29, 1.82) is 0 Å². The van der Waals surface area contributed by atoms with Gasteiger partial charge in [-0.15, -0.1) is 5.10 Å². The van der Waals surface area contributed by atoms with Crippen LogP contribution >= 0.6 is 11.8 Å². The molecule has 0 fully saturated rings. The highest BCUT2D eigenvalue weighted by Crippen LogP contribution is 2.16. The molecule has 1 amide bonds. The lowest BCUT2D eigenvalue weighted by molar-refractivity contribution is -0.131. The Bertz CT molecular complexity index is 573. The van der Waals surface area contributed by atoms with Gasteiger partial charge in [-0.05, 0) is 12.5 Å². The van der Waals surface area contributed by atoms with E-state index in [0.29, 0.717) is 17.5 Å². The number of amides is 1. The average molecular weight is 306 g/mol. The van der Waals surface area contributed by atoms with Crippen LogP contribution < -0.4 is 5.32 Å². The molecule has 1 heterocycles. The van der Waals surface area contributed by atoms with Gasteiger partial charge in [-0.2, -0.15) is 0 Å². The Hall–Kier alpha value is -1.86. The van der Waals surface area contributed by atoms with Gasteiger partial charge in [-0.1, -0.05) is 42.1 Å². The monoisotopic (exact) mass is 306 g/mol. The summed E-state index contributed by atoms with van der Waals surface area (Å²) in [5, 5.41) is 10.3. The quantitative estimate of drug-likeness (QED) is 0.601. The number of ether oxygens (including phenoxy) is 1. The minimum Gasteiger partial charge on any atom is -0.367 e. The maximum absolute atomic E-state index is 12.1. The molecule has 112 valence electrons. The highest BCUT2D eigenvalue weighted by Gasteiger charge is 2.19. The molecule has 0 aliphatic carbocycles. The van der Waals surface area contributed by atoms with E-state index in [1.165, 1.54) is 18.9 Å². The highest BCUT2D eigenvalue weighted by atomic mass is 32.2. The Labute approximate surface area is 127 Å². The Morgan fingerprint density at radius 3 is 2.81 bits per heavy atom. The second kappa shape index (κ2) is 7.80. The van der Waals surface area contributed by atoms with E-state index in [1.54, 1.807) is 0 Å². The van der Waals surface area contributed by atoms with Gasteiger partial charge in [0.05, 0.1) is 0 Å². The van der Waals surface area contributed by atoms with Crippen molar-refractivity contribution >= 4 is 17.7 Å². The normalized spacial score (nSPS) is 12.1. The number of methoxy groups -OCH3 is 1. The Morgan fingerprint density at radius 2 is 2.19 bits per heavy atom. The fraction of sp³-hybridized carbons (Fsp3) is 0.357. The molecule has 0 spiro atoms. The van der Waals surface area contributed by atoms with Gasteiger partial charge < -0.3 is 10.1 Å². The van der Waals surface area contributed by atoms with Crippen LogP contribution in [0.1, 0.15) is 17.5 Å². The molecule has 0 aliphatic heterocycles. The third kappa shape index (κ3) is 4.57. The fourth-order valence-corrected chi connectivity index (χ4v) is 2.52. The van der Waals surface area contributed by atoms with Crippen molar-refractivity contribution in [1.82, 2.24) is 20.5 Å². The summed E-state index contributed by atoms with van der Waals surface area (Å²) in [4.78, 5) is 16.3. The number of aromatic amines is 1. The number of aryl methyl sites for hydroxylation is 1. The molecule has 1 aromatic carbocycles. The molecule has 6 nitrogen and oxygen atoms in total. The van der Waals surface area contributed by atoms with Gasteiger partial charge in [0.25, 0.3) is 5.91 Å². The second-order valence-corrected chi connectivity index (χ2v) is 5.43. The molecule has 2 aromatic rings.